The molecule has 0 spiro atoms. The minimum atomic E-state index is -3.65. The molecule has 2 unspecified atom stereocenters. The van der Waals surface area contributed by atoms with Crippen LogP contribution >= 0.6 is 0 Å². The Kier molecular flexibility index (Phi) is 5.55. The molecule has 2 atom stereocenters. The van der Waals surface area contributed by atoms with Gasteiger partial charge in [-0.1, -0.05) is 6.92 Å². The summed E-state index contributed by atoms with van der Waals surface area (Å²) in [5, 5.41) is 3.16. The van der Waals surface area contributed by atoms with Crippen LogP contribution in [0, 0.1) is 0 Å². The standard InChI is InChI=1S/C14H23N3O3S/c1-3-9-15-12-7-5-10-16-14(12)21(18,19)17-11-6-4-8-13(11)20-2/h5,7,10-11,13,15,17H,3-4,6,8-9H2,1-2H3. The van der Waals surface area contributed by atoms with E-state index in [1.807, 2.05) is 6.92 Å². The smallest absolute Gasteiger partial charge is 0.260 e. The minimum Gasteiger partial charge on any atom is -0.383 e. The summed E-state index contributed by atoms with van der Waals surface area (Å²) in [6, 6.07) is 3.28. The van der Waals surface area contributed by atoms with Gasteiger partial charge in [-0.15, -0.1) is 0 Å². The second kappa shape index (κ2) is 7.20. The molecule has 118 valence electrons. The van der Waals surface area contributed by atoms with Gasteiger partial charge in [0, 0.05) is 25.9 Å². The van der Waals surface area contributed by atoms with E-state index < -0.39 is 10.0 Å². The average molecular weight is 313 g/mol. The van der Waals surface area contributed by atoms with E-state index in [4.69, 9.17) is 4.74 Å². The van der Waals surface area contributed by atoms with Crippen molar-refractivity contribution < 1.29 is 13.2 Å². The normalized spacial score (nSPS) is 22.4. The van der Waals surface area contributed by atoms with Crippen molar-refractivity contribution in [3.63, 3.8) is 0 Å². The van der Waals surface area contributed by atoms with Gasteiger partial charge in [0.1, 0.15) is 0 Å². The fraction of sp³-hybridized carbons (Fsp3) is 0.643. The lowest BCUT2D eigenvalue weighted by molar-refractivity contribution is 0.0916. The van der Waals surface area contributed by atoms with E-state index in [0.29, 0.717) is 12.2 Å². The van der Waals surface area contributed by atoms with Gasteiger partial charge in [0.25, 0.3) is 10.0 Å². The van der Waals surface area contributed by atoms with Crippen molar-refractivity contribution in [3.8, 4) is 0 Å². The number of aromatic nitrogens is 1. The molecule has 0 saturated heterocycles. The number of ether oxygens (including phenoxy) is 1. The summed E-state index contributed by atoms with van der Waals surface area (Å²) in [5.74, 6) is 0. The topological polar surface area (TPSA) is 80.3 Å². The molecule has 0 amide bonds. The highest BCUT2D eigenvalue weighted by atomic mass is 32.2. The lowest BCUT2D eigenvalue weighted by atomic mass is 10.2. The zero-order valence-electron chi connectivity index (χ0n) is 12.5. The van der Waals surface area contributed by atoms with Crippen molar-refractivity contribution in [2.45, 2.75) is 49.8 Å². The SMILES string of the molecule is CCCNc1cccnc1S(=O)(=O)NC1CCCC1OC. The third kappa shape index (κ3) is 3.93. The Hall–Kier alpha value is -1.18. The van der Waals surface area contributed by atoms with Gasteiger partial charge in [-0.25, -0.2) is 18.1 Å². The molecule has 1 aromatic heterocycles. The van der Waals surface area contributed by atoms with E-state index in [9.17, 15) is 8.42 Å². The van der Waals surface area contributed by atoms with Gasteiger partial charge in [0.15, 0.2) is 5.03 Å². The Balaban J connectivity index is 2.19. The molecular formula is C14H23N3O3S. The second-order valence-electron chi connectivity index (χ2n) is 5.22. The van der Waals surface area contributed by atoms with Crippen LogP contribution in [0.3, 0.4) is 0 Å². The molecule has 1 aromatic rings. The number of hydrogen-bond acceptors (Lipinski definition) is 5. The van der Waals surface area contributed by atoms with Crippen LogP contribution in [0.25, 0.3) is 0 Å². The molecule has 2 N–H and O–H groups in total. The monoisotopic (exact) mass is 313 g/mol. The summed E-state index contributed by atoms with van der Waals surface area (Å²) < 4.78 is 33.2. The van der Waals surface area contributed by atoms with E-state index in [1.54, 1.807) is 19.2 Å². The third-order valence-electron chi connectivity index (χ3n) is 3.65. The van der Waals surface area contributed by atoms with Crippen LogP contribution in [0.4, 0.5) is 5.69 Å². The molecule has 0 aliphatic heterocycles. The number of anilines is 1. The average Bonchev–Trinajstić information content (AvgIpc) is 2.91. The first-order valence-electron chi connectivity index (χ1n) is 7.32. The van der Waals surface area contributed by atoms with Crippen molar-refractivity contribution in [2.24, 2.45) is 0 Å². The largest absolute Gasteiger partial charge is 0.383 e. The predicted molar refractivity (Wildman–Crippen MR) is 81.8 cm³/mol. The first-order valence-corrected chi connectivity index (χ1v) is 8.81. The van der Waals surface area contributed by atoms with Crippen molar-refractivity contribution in [2.75, 3.05) is 19.0 Å². The van der Waals surface area contributed by atoms with Gasteiger partial charge in [-0.05, 0) is 37.8 Å². The zero-order valence-corrected chi connectivity index (χ0v) is 13.3. The highest BCUT2D eigenvalue weighted by Gasteiger charge is 2.32. The van der Waals surface area contributed by atoms with Crippen molar-refractivity contribution in [3.05, 3.63) is 18.3 Å². The molecular weight excluding hydrogens is 290 g/mol. The summed E-state index contributed by atoms with van der Waals surface area (Å²) in [6.45, 7) is 2.73. The van der Waals surface area contributed by atoms with Crippen molar-refractivity contribution >= 4 is 15.7 Å². The van der Waals surface area contributed by atoms with Crippen LogP contribution in [0.1, 0.15) is 32.6 Å². The maximum absolute atomic E-state index is 12.6. The van der Waals surface area contributed by atoms with E-state index >= 15 is 0 Å². The van der Waals surface area contributed by atoms with Crippen LogP contribution in [0.15, 0.2) is 23.4 Å². The van der Waals surface area contributed by atoms with Gasteiger partial charge in [-0.3, -0.25) is 0 Å². The number of nitrogens with zero attached hydrogens (tertiary/aromatic N) is 1. The molecule has 1 aliphatic rings. The highest BCUT2D eigenvalue weighted by Crippen LogP contribution is 2.25. The van der Waals surface area contributed by atoms with E-state index in [0.717, 1.165) is 25.7 Å². The Morgan fingerprint density at radius 1 is 1.43 bits per heavy atom. The molecule has 1 saturated carbocycles. The van der Waals surface area contributed by atoms with E-state index in [1.165, 1.54) is 6.20 Å². The zero-order chi connectivity index (χ0) is 15.3. The Morgan fingerprint density at radius 3 is 2.95 bits per heavy atom. The summed E-state index contributed by atoms with van der Waals surface area (Å²) in [6.07, 6.45) is 4.99. The van der Waals surface area contributed by atoms with Crippen LogP contribution in [-0.2, 0) is 14.8 Å². The fourth-order valence-corrected chi connectivity index (χ4v) is 4.01. The van der Waals surface area contributed by atoms with Gasteiger partial charge >= 0.3 is 0 Å². The molecule has 21 heavy (non-hydrogen) atoms. The van der Waals surface area contributed by atoms with Gasteiger partial charge in [-0.2, -0.15) is 0 Å². The molecule has 0 radical (unpaired) electrons. The van der Waals surface area contributed by atoms with Gasteiger partial charge in [0.2, 0.25) is 0 Å². The fourth-order valence-electron chi connectivity index (χ4n) is 2.60. The van der Waals surface area contributed by atoms with Crippen LogP contribution in [0.2, 0.25) is 0 Å². The molecule has 1 fully saturated rings. The van der Waals surface area contributed by atoms with Crippen LogP contribution in [-0.4, -0.2) is 39.2 Å². The maximum atomic E-state index is 12.6. The summed E-state index contributed by atoms with van der Waals surface area (Å²) in [4.78, 5) is 4.04. The summed E-state index contributed by atoms with van der Waals surface area (Å²) in [7, 11) is -2.03. The van der Waals surface area contributed by atoms with Gasteiger partial charge < -0.3 is 10.1 Å². The molecule has 6 nitrogen and oxygen atoms in total. The Labute approximate surface area is 126 Å². The highest BCUT2D eigenvalue weighted by molar-refractivity contribution is 7.89. The first kappa shape index (κ1) is 16.2. The second-order valence-corrected chi connectivity index (χ2v) is 6.85. The molecule has 7 heteroatoms. The van der Waals surface area contributed by atoms with Crippen molar-refractivity contribution in [1.82, 2.24) is 9.71 Å². The van der Waals surface area contributed by atoms with Gasteiger partial charge in [0.05, 0.1) is 11.8 Å². The summed E-state index contributed by atoms with van der Waals surface area (Å²) >= 11 is 0. The number of pyridine rings is 1. The summed E-state index contributed by atoms with van der Waals surface area (Å²) in [5.41, 5.74) is 0.541. The Bertz CT molecular complexity index is 562. The number of hydrogen-bond donors (Lipinski definition) is 2. The lowest BCUT2D eigenvalue weighted by Crippen LogP contribution is -2.41. The minimum absolute atomic E-state index is 0.0557. The number of rotatable bonds is 7. The number of sulfonamides is 1. The lowest BCUT2D eigenvalue weighted by Gasteiger charge is -2.20. The predicted octanol–water partition coefficient (Wildman–Crippen LogP) is 1.75. The van der Waals surface area contributed by atoms with E-state index in [-0.39, 0.29) is 17.2 Å². The van der Waals surface area contributed by atoms with Crippen LogP contribution < -0.4 is 10.0 Å². The first-order chi connectivity index (χ1) is 10.1. The molecule has 1 aliphatic carbocycles. The van der Waals surface area contributed by atoms with Crippen molar-refractivity contribution in [1.29, 1.82) is 0 Å². The molecule has 1 heterocycles. The molecule has 0 aromatic carbocycles. The number of nitrogens with one attached hydrogen (secondary N) is 2. The molecule has 2 rings (SSSR count). The molecule has 0 bridgehead atoms. The maximum Gasteiger partial charge on any atom is 0.260 e. The number of methoxy groups -OCH3 is 1. The quantitative estimate of drug-likeness (QED) is 0.801. The Morgan fingerprint density at radius 2 is 2.24 bits per heavy atom. The third-order valence-corrected chi connectivity index (χ3v) is 5.10. The van der Waals surface area contributed by atoms with E-state index in [2.05, 4.69) is 15.0 Å². The van der Waals surface area contributed by atoms with Crippen LogP contribution in [0.5, 0.6) is 0 Å².